The Morgan fingerprint density at radius 2 is 2.38 bits per heavy atom. The molecule has 0 bridgehead atoms. The number of carbonyl (C=O) groups is 1. The van der Waals surface area contributed by atoms with Crippen LogP contribution in [0.1, 0.15) is 39.0 Å². The standard InChI is InChI=1S/C10H17NO2/c1-2-10(9(12)13)6-3-4-8-5-7-11(8)10/h8H,2-7H2,1H3,(H,12,13). The summed E-state index contributed by atoms with van der Waals surface area (Å²) in [6.07, 6.45) is 5.08. The molecule has 0 radical (unpaired) electrons. The topological polar surface area (TPSA) is 40.5 Å². The second-order valence-corrected chi connectivity index (χ2v) is 4.22. The maximum absolute atomic E-state index is 11.3. The summed E-state index contributed by atoms with van der Waals surface area (Å²) < 4.78 is 0. The molecule has 0 aliphatic carbocycles. The lowest BCUT2D eigenvalue weighted by molar-refractivity contribution is -0.165. The fourth-order valence-electron chi connectivity index (χ4n) is 2.84. The van der Waals surface area contributed by atoms with E-state index in [1.807, 2.05) is 6.92 Å². The first-order valence-corrected chi connectivity index (χ1v) is 5.21. The summed E-state index contributed by atoms with van der Waals surface area (Å²) in [6, 6.07) is 0.574. The molecule has 2 rings (SSSR count). The molecular formula is C10H17NO2. The Bertz CT molecular complexity index is 229. The summed E-state index contributed by atoms with van der Waals surface area (Å²) in [5, 5.41) is 9.27. The van der Waals surface area contributed by atoms with E-state index < -0.39 is 11.5 Å². The van der Waals surface area contributed by atoms with E-state index in [4.69, 9.17) is 0 Å². The lowest BCUT2D eigenvalue weighted by Gasteiger charge is -2.55. The Hall–Kier alpha value is -0.570. The number of rotatable bonds is 2. The number of carboxylic acids is 1. The molecule has 0 aromatic heterocycles. The van der Waals surface area contributed by atoms with Crippen LogP contribution in [0.5, 0.6) is 0 Å². The number of hydrogen-bond acceptors (Lipinski definition) is 2. The molecule has 2 heterocycles. The van der Waals surface area contributed by atoms with Crippen molar-refractivity contribution in [2.24, 2.45) is 0 Å². The highest BCUT2D eigenvalue weighted by Crippen LogP contribution is 2.41. The van der Waals surface area contributed by atoms with Crippen LogP contribution in [0.3, 0.4) is 0 Å². The van der Waals surface area contributed by atoms with Crippen LogP contribution in [-0.4, -0.2) is 34.1 Å². The smallest absolute Gasteiger partial charge is 0.324 e. The van der Waals surface area contributed by atoms with Gasteiger partial charge in [-0.25, -0.2) is 0 Å². The van der Waals surface area contributed by atoms with E-state index in [9.17, 15) is 9.90 Å². The molecule has 2 aliphatic rings. The average Bonchev–Trinajstić information content (AvgIpc) is 2.06. The molecule has 0 aromatic carbocycles. The molecule has 3 heteroatoms. The Morgan fingerprint density at radius 1 is 1.62 bits per heavy atom. The third-order valence-electron chi connectivity index (χ3n) is 3.80. The molecule has 0 spiro atoms. The Labute approximate surface area is 78.7 Å². The van der Waals surface area contributed by atoms with Crippen LogP contribution in [0.4, 0.5) is 0 Å². The summed E-state index contributed by atoms with van der Waals surface area (Å²) in [4.78, 5) is 13.5. The first-order chi connectivity index (χ1) is 6.20. The molecule has 0 amide bonds. The maximum Gasteiger partial charge on any atom is 0.324 e. The Kier molecular flexibility index (Phi) is 2.06. The lowest BCUT2D eigenvalue weighted by atomic mass is 9.76. The summed E-state index contributed by atoms with van der Waals surface area (Å²) in [7, 11) is 0. The number of piperidine rings is 1. The van der Waals surface area contributed by atoms with Crippen molar-refractivity contribution in [1.82, 2.24) is 4.90 Å². The van der Waals surface area contributed by atoms with E-state index in [0.29, 0.717) is 6.04 Å². The van der Waals surface area contributed by atoms with Gasteiger partial charge in [0, 0.05) is 12.6 Å². The Balaban J connectivity index is 2.21. The van der Waals surface area contributed by atoms with Gasteiger partial charge in [-0.1, -0.05) is 6.92 Å². The number of nitrogens with zero attached hydrogens (tertiary/aromatic N) is 1. The molecule has 2 aliphatic heterocycles. The van der Waals surface area contributed by atoms with Gasteiger partial charge in [-0.2, -0.15) is 0 Å². The fraction of sp³-hybridized carbons (Fsp3) is 0.900. The highest BCUT2D eigenvalue weighted by molar-refractivity contribution is 5.79. The van der Waals surface area contributed by atoms with Crippen molar-refractivity contribution in [1.29, 1.82) is 0 Å². The number of fused-ring (bicyclic) bond motifs is 1. The van der Waals surface area contributed by atoms with Gasteiger partial charge in [0.05, 0.1) is 0 Å². The van der Waals surface area contributed by atoms with Gasteiger partial charge in [0.25, 0.3) is 0 Å². The largest absolute Gasteiger partial charge is 0.480 e. The molecule has 0 saturated carbocycles. The molecule has 13 heavy (non-hydrogen) atoms. The van der Waals surface area contributed by atoms with Crippen LogP contribution in [0.25, 0.3) is 0 Å². The summed E-state index contributed by atoms with van der Waals surface area (Å²) in [5.41, 5.74) is -0.513. The van der Waals surface area contributed by atoms with Crippen molar-refractivity contribution < 1.29 is 9.90 Å². The number of carboxylic acid groups (broad SMARTS) is 1. The van der Waals surface area contributed by atoms with Crippen molar-refractivity contribution in [2.75, 3.05) is 6.54 Å². The van der Waals surface area contributed by atoms with Crippen LogP contribution in [0.15, 0.2) is 0 Å². The number of aliphatic carboxylic acids is 1. The van der Waals surface area contributed by atoms with Gasteiger partial charge >= 0.3 is 5.97 Å². The van der Waals surface area contributed by atoms with Crippen molar-refractivity contribution in [2.45, 2.75) is 50.6 Å². The quantitative estimate of drug-likeness (QED) is 0.705. The first kappa shape index (κ1) is 9.00. The minimum absolute atomic E-state index is 0.513. The third kappa shape index (κ3) is 1.10. The minimum atomic E-state index is -0.612. The molecule has 2 fully saturated rings. The SMILES string of the molecule is CCC1(C(=O)O)CCCC2CCN21. The average molecular weight is 183 g/mol. The lowest BCUT2D eigenvalue weighted by Crippen LogP contribution is -2.66. The van der Waals surface area contributed by atoms with Gasteiger partial charge in [-0.05, 0) is 32.1 Å². The molecule has 1 N–H and O–H groups in total. The molecule has 2 atom stereocenters. The van der Waals surface area contributed by atoms with Crippen LogP contribution in [0, 0.1) is 0 Å². The van der Waals surface area contributed by atoms with Gasteiger partial charge in [-0.3, -0.25) is 9.69 Å². The Morgan fingerprint density at radius 3 is 2.77 bits per heavy atom. The predicted octanol–water partition coefficient (Wildman–Crippen LogP) is 1.48. The highest BCUT2D eigenvalue weighted by atomic mass is 16.4. The van der Waals surface area contributed by atoms with Crippen molar-refractivity contribution in [3.63, 3.8) is 0 Å². The van der Waals surface area contributed by atoms with Gasteiger partial charge in [0.15, 0.2) is 0 Å². The zero-order valence-electron chi connectivity index (χ0n) is 8.12. The van der Waals surface area contributed by atoms with E-state index in [1.165, 1.54) is 12.8 Å². The second kappa shape index (κ2) is 2.98. The molecule has 3 nitrogen and oxygen atoms in total. The van der Waals surface area contributed by atoms with E-state index in [0.717, 1.165) is 25.8 Å². The fourth-order valence-corrected chi connectivity index (χ4v) is 2.84. The third-order valence-corrected chi connectivity index (χ3v) is 3.80. The van der Waals surface area contributed by atoms with Crippen LogP contribution in [-0.2, 0) is 4.79 Å². The first-order valence-electron chi connectivity index (χ1n) is 5.21. The van der Waals surface area contributed by atoms with E-state index >= 15 is 0 Å². The molecular weight excluding hydrogens is 166 g/mol. The summed E-state index contributed by atoms with van der Waals surface area (Å²) in [5.74, 6) is -0.612. The van der Waals surface area contributed by atoms with Crippen LogP contribution in [0.2, 0.25) is 0 Å². The van der Waals surface area contributed by atoms with Gasteiger partial charge in [0.2, 0.25) is 0 Å². The van der Waals surface area contributed by atoms with Crippen molar-refractivity contribution in [3.8, 4) is 0 Å². The summed E-state index contributed by atoms with van der Waals surface area (Å²) >= 11 is 0. The van der Waals surface area contributed by atoms with Crippen LogP contribution < -0.4 is 0 Å². The zero-order chi connectivity index (χ0) is 9.47. The highest BCUT2D eigenvalue weighted by Gasteiger charge is 2.51. The van der Waals surface area contributed by atoms with Gasteiger partial charge < -0.3 is 5.11 Å². The van der Waals surface area contributed by atoms with Crippen molar-refractivity contribution in [3.05, 3.63) is 0 Å². The molecule has 2 saturated heterocycles. The zero-order valence-corrected chi connectivity index (χ0v) is 8.12. The molecule has 74 valence electrons. The normalized spacial score (nSPS) is 39.3. The maximum atomic E-state index is 11.3. The van der Waals surface area contributed by atoms with E-state index in [-0.39, 0.29) is 0 Å². The molecule has 0 aromatic rings. The minimum Gasteiger partial charge on any atom is -0.480 e. The second-order valence-electron chi connectivity index (χ2n) is 4.22. The van der Waals surface area contributed by atoms with E-state index in [1.54, 1.807) is 0 Å². The molecule has 2 unspecified atom stereocenters. The predicted molar refractivity (Wildman–Crippen MR) is 49.6 cm³/mol. The van der Waals surface area contributed by atoms with Gasteiger partial charge in [-0.15, -0.1) is 0 Å². The number of hydrogen-bond donors (Lipinski definition) is 1. The monoisotopic (exact) mass is 183 g/mol. The van der Waals surface area contributed by atoms with Crippen LogP contribution >= 0.6 is 0 Å². The van der Waals surface area contributed by atoms with Crippen molar-refractivity contribution >= 4 is 5.97 Å². The van der Waals surface area contributed by atoms with Gasteiger partial charge in [0.1, 0.15) is 5.54 Å². The summed E-state index contributed by atoms with van der Waals surface area (Å²) in [6.45, 7) is 2.99. The van der Waals surface area contributed by atoms with E-state index in [2.05, 4.69) is 4.90 Å².